The van der Waals surface area contributed by atoms with Gasteiger partial charge in [-0.25, -0.2) is 4.79 Å². The molecule has 162 valence electrons. The van der Waals surface area contributed by atoms with Crippen LogP contribution in [0.1, 0.15) is 37.5 Å². The van der Waals surface area contributed by atoms with Gasteiger partial charge in [-0.1, -0.05) is 46.3 Å². The van der Waals surface area contributed by atoms with Crippen molar-refractivity contribution in [2.75, 3.05) is 11.9 Å². The number of benzene rings is 2. The first-order valence-corrected chi connectivity index (χ1v) is 10.5. The van der Waals surface area contributed by atoms with Crippen molar-refractivity contribution in [1.82, 2.24) is 5.32 Å². The average molecular weight is 477 g/mol. The minimum Gasteiger partial charge on any atom is -0.444 e. The number of hydrogen-bond acceptors (Lipinski definition) is 4. The summed E-state index contributed by atoms with van der Waals surface area (Å²) in [5, 5.41) is 5.50. The molecule has 0 heterocycles. The van der Waals surface area contributed by atoms with E-state index in [0.29, 0.717) is 12.3 Å². The SMILES string of the molecule is Cc1c(Br)ccc(NC(=O)[C@H](COCc2ccccc2)NC(=O)OC(C)(C)C)c1C. The Balaban J connectivity index is 2.09. The molecule has 2 amide bonds. The zero-order valence-corrected chi connectivity index (χ0v) is 19.6. The Morgan fingerprint density at radius 3 is 2.33 bits per heavy atom. The Hall–Kier alpha value is -2.38. The molecular formula is C23H29BrN2O4. The van der Waals surface area contributed by atoms with E-state index in [-0.39, 0.29) is 12.5 Å². The molecule has 0 radical (unpaired) electrons. The predicted octanol–water partition coefficient (Wildman–Crippen LogP) is 5.11. The third kappa shape index (κ3) is 7.46. The van der Waals surface area contributed by atoms with Crippen LogP contribution in [0.25, 0.3) is 0 Å². The Morgan fingerprint density at radius 1 is 1.03 bits per heavy atom. The molecule has 2 N–H and O–H groups in total. The molecule has 0 aliphatic carbocycles. The molecule has 0 unspecified atom stereocenters. The third-order valence-electron chi connectivity index (χ3n) is 4.38. The topological polar surface area (TPSA) is 76.7 Å². The number of amides is 2. The number of rotatable bonds is 7. The van der Waals surface area contributed by atoms with E-state index in [9.17, 15) is 9.59 Å². The molecule has 1 atom stereocenters. The maximum Gasteiger partial charge on any atom is 0.408 e. The molecule has 2 aromatic carbocycles. The van der Waals surface area contributed by atoms with E-state index >= 15 is 0 Å². The Kier molecular flexibility index (Phi) is 8.43. The van der Waals surface area contributed by atoms with Crippen LogP contribution < -0.4 is 10.6 Å². The van der Waals surface area contributed by atoms with Gasteiger partial charge in [-0.3, -0.25) is 4.79 Å². The van der Waals surface area contributed by atoms with Crippen LogP contribution in [-0.2, 0) is 20.9 Å². The maximum absolute atomic E-state index is 12.9. The number of hydrogen-bond donors (Lipinski definition) is 2. The van der Waals surface area contributed by atoms with Crippen molar-refractivity contribution in [3.8, 4) is 0 Å². The van der Waals surface area contributed by atoms with E-state index in [4.69, 9.17) is 9.47 Å². The summed E-state index contributed by atoms with van der Waals surface area (Å²) in [4.78, 5) is 25.2. The fraction of sp³-hybridized carbons (Fsp3) is 0.391. The Bertz CT molecular complexity index is 879. The van der Waals surface area contributed by atoms with Crippen LogP contribution in [0, 0.1) is 13.8 Å². The summed E-state index contributed by atoms with van der Waals surface area (Å²) in [5.41, 5.74) is 2.96. The van der Waals surface area contributed by atoms with E-state index in [2.05, 4.69) is 26.6 Å². The second kappa shape index (κ2) is 10.6. The lowest BCUT2D eigenvalue weighted by atomic mass is 10.1. The van der Waals surface area contributed by atoms with Gasteiger partial charge in [0.2, 0.25) is 5.91 Å². The second-order valence-electron chi connectivity index (χ2n) is 8.03. The van der Waals surface area contributed by atoms with Gasteiger partial charge in [-0.15, -0.1) is 0 Å². The molecule has 6 nitrogen and oxygen atoms in total. The molecule has 0 saturated heterocycles. The van der Waals surface area contributed by atoms with E-state index < -0.39 is 17.7 Å². The summed E-state index contributed by atoms with van der Waals surface area (Å²) in [7, 11) is 0. The van der Waals surface area contributed by atoms with Crippen LogP contribution in [0.3, 0.4) is 0 Å². The standard InChI is InChI=1S/C23H29BrN2O4/c1-15-16(2)19(12-11-18(15)24)25-21(27)20(26-22(28)30-23(3,4)5)14-29-13-17-9-7-6-8-10-17/h6-12,20H,13-14H2,1-5H3,(H,25,27)(H,26,28)/t20-/m0/s1. The third-order valence-corrected chi connectivity index (χ3v) is 5.24. The number of carbonyl (C=O) groups excluding carboxylic acids is 2. The van der Waals surface area contributed by atoms with Crippen LogP contribution in [-0.4, -0.2) is 30.3 Å². The number of anilines is 1. The van der Waals surface area contributed by atoms with Crippen molar-refractivity contribution in [3.05, 3.63) is 63.6 Å². The van der Waals surface area contributed by atoms with Crippen LogP contribution in [0.5, 0.6) is 0 Å². The molecular weight excluding hydrogens is 448 g/mol. The van der Waals surface area contributed by atoms with Gasteiger partial charge in [0.05, 0.1) is 13.2 Å². The summed E-state index contributed by atoms with van der Waals surface area (Å²) >= 11 is 3.49. The molecule has 0 fully saturated rings. The summed E-state index contributed by atoms with van der Waals surface area (Å²) in [5.74, 6) is -0.376. The first-order chi connectivity index (χ1) is 14.1. The lowest BCUT2D eigenvalue weighted by molar-refractivity contribution is -0.119. The maximum atomic E-state index is 12.9. The molecule has 30 heavy (non-hydrogen) atoms. The highest BCUT2D eigenvalue weighted by Gasteiger charge is 2.25. The van der Waals surface area contributed by atoms with Crippen LogP contribution in [0.15, 0.2) is 46.9 Å². The number of nitrogens with one attached hydrogen (secondary N) is 2. The predicted molar refractivity (Wildman–Crippen MR) is 122 cm³/mol. The van der Waals surface area contributed by atoms with Gasteiger partial charge in [0, 0.05) is 10.2 Å². The average Bonchev–Trinajstić information content (AvgIpc) is 2.67. The summed E-state index contributed by atoms with van der Waals surface area (Å²) in [6.07, 6.45) is -0.672. The van der Waals surface area contributed by atoms with Gasteiger partial charge in [-0.05, 0) is 63.4 Å². The van der Waals surface area contributed by atoms with Crippen molar-refractivity contribution in [3.63, 3.8) is 0 Å². The van der Waals surface area contributed by atoms with Gasteiger partial charge in [0.1, 0.15) is 11.6 Å². The summed E-state index contributed by atoms with van der Waals surface area (Å²) in [6.45, 7) is 9.53. The lowest BCUT2D eigenvalue weighted by Gasteiger charge is -2.23. The minimum absolute atomic E-state index is 0.00846. The fourth-order valence-corrected chi connectivity index (χ4v) is 3.07. The first kappa shape index (κ1) is 23.9. The highest BCUT2D eigenvalue weighted by atomic mass is 79.9. The number of alkyl carbamates (subject to hydrolysis) is 1. The van der Waals surface area contributed by atoms with Crippen molar-refractivity contribution in [2.45, 2.75) is 52.9 Å². The number of halogens is 1. The monoisotopic (exact) mass is 476 g/mol. The summed E-state index contributed by atoms with van der Waals surface area (Å²) < 4.78 is 12.0. The lowest BCUT2D eigenvalue weighted by Crippen LogP contribution is -2.48. The molecule has 2 aromatic rings. The van der Waals surface area contributed by atoms with Crippen LogP contribution in [0.2, 0.25) is 0 Å². The largest absolute Gasteiger partial charge is 0.444 e. The molecule has 0 aromatic heterocycles. The molecule has 0 spiro atoms. The van der Waals surface area contributed by atoms with E-state index in [1.165, 1.54) is 0 Å². The highest BCUT2D eigenvalue weighted by molar-refractivity contribution is 9.10. The van der Waals surface area contributed by atoms with Gasteiger partial charge in [0.15, 0.2) is 0 Å². The Morgan fingerprint density at radius 2 is 1.70 bits per heavy atom. The molecule has 7 heteroatoms. The van der Waals surface area contributed by atoms with Gasteiger partial charge < -0.3 is 20.1 Å². The minimum atomic E-state index is -0.910. The van der Waals surface area contributed by atoms with Crippen molar-refractivity contribution >= 4 is 33.6 Å². The number of carbonyl (C=O) groups is 2. The van der Waals surface area contributed by atoms with E-state index in [0.717, 1.165) is 21.2 Å². The van der Waals surface area contributed by atoms with Crippen molar-refractivity contribution in [2.24, 2.45) is 0 Å². The first-order valence-electron chi connectivity index (χ1n) is 9.74. The van der Waals surface area contributed by atoms with E-state index in [1.807, 2.05) is 56.3 Å². The van der Waals surface area contributed by atoms with Crippen molar-refractivity contribution in [1.29, 1.82) is 0 Å². The molecule has 0 saturated carbocycles. The quantitative estimate of drug-likeness (QED) is 0.581. The Labute approximate surface area is 186 Å². The van der Waals surface area contributed by atoms with E-state index in [1.54, 1.807) is 20.8 Å². The second-order valence-corrected chi connectivity index (χ2v) is 8.89. The molecule has 0 aliphatic rings. The van der Waals surface area contributed by atoms with Gasteiger partial charge in [-0.2, -0.15) is 0 Å². The van der Waals surface area contributed by atoms with Crippen LogP contribution in [0.4, 0.5) is 10.5 Å². The zero-order valence-electron chi connectivity index (χ0n) is 18.0. The van der Waals surface area contributed by atoms with Gasteiger partial charge in [0.25, 0.3) is 0 Å². The van der Waals surface area contributed by atoms with Crippen LogP contribution >= 0.6 is 15.9 Å². The molecule has 2 rings (SSSR count). The molecule has 0 aliphatic heterocycles. The normalized spacial score (nSPS) is 12.2. The fourth-order valence-electron chi connectivity index (χ4n) is 2.64. The van der Waals surface area contributed by atoms with Gasteiger partial charge >= 0.3 is 6.09 Å². The highest BCUT2D eigenvalue weighted by Crippen LogP contribution is 2.26. The smallest absolute Gasteiger partial charge is 0.408 e. The molecule has 0 bridgehead atoms. The summed E-state index contributed by atoms with van der Waals surface area (Å²) in [6, 6.07) is 12.4. The number of ether oxygens (including phenoxy) is 2. The van der Waals surface area contributed by atoms with Crippen molar-refractivity contribution < 1.29 is 19.1 Å². The zero-order chi connectivity index (χ0) is 22.3.